The molecule has 1 N–H and O–H groups in total. The van der Waals surface area contributed by atoms with Crippen LogP contribution in [-0.4, -0.2) is 27.9 Å². The zero-order valence-electron chi connectivity index (χ0n) is 8.29. The van der Waals surface area contributed by atoms with Crippen LogP contribution in [0.25, 0.3) is 0 Å². The molecule has 0 bridgehead atoms. The summed E-state index contributed by atoms with van der Waals surface area (Å²) in [4.78, 5) is 22.5. The van der Waals surface area contributed by atoms with Crippen LogP contribution < -0.4 is 0 Å². The Kier molecular flexibility index (Phi) is 5.25. The van der Waals surface area contributed by atoms with Gasteiger partial charge in [0.15, 0.2) is 11.4 Å². The van der Waals surface area contributed by atoms with Crippen molar-refractivity contribution in [1.29, 1.82) is 0 Å². The number of carbonyl (C=O) groups is 2. The van der Waals surface area contributed by atoms with Crippen molar-refractivity contribution in [2.24, 2.45) is 0 Å². The normalized spacial score (nSPS) is 15.1. The first kappa shape index (κ1) is 12.7. The molecule has 76 valence electrons. The van der Waals surface area contributed by atoms with Gasteiger partial charge in [0.1, 0.15) is 0 Å². The van der Waals surface area contributed by atoms with Crippen LogP contribution in [0.4, 0.5) is 0 Å². The molecule has 0 radical (unpaired) electrons. The first-order valence-corrected chi connectivity index (χ1v) is 5.53. The Morgan fingerprint density at radius 2 is 2.00 bits per heavy atom. The highest BCUT2D eigenvalue weighted by atomic mass is 32.2. The van der Waals surface area contributed by atoms with Crippen molar-refractivity contribution in [3.05, 3.63) is 0 Å². The van der Waals surface area contributed by atoms with E-state index in [2.05, 4.69) is 0 Å². The minimum absolute atomic E-state index is 0.274. The van der Waals surface area contributed by atoms with Gasteiger partial charge >= 0.3 is 0 Å². The number of unbranched alkanes of at least 4 members (excludes halogenated alkanes) is 1. The summed E-state index contributed by atoms with van der Waals surface area (Å²) in [5.74, 6) is -0.381. The number of hydrogen-bond acceptors (Lipinski definition) is 4. The molecule has 3 nitrogen and oxygen atoms in total. The summed E-state index contributed by atoms with van der Waals surface area (Å²) in [5, 5.41) is 9.08. The van der Waals surface area contributed by atoms with Gasteiger partial charge in [-0.15, -0.1) is 0 Å². The van der Waals surface area contributed by atoms with Crippen LogP contribution in [0.15, 0.2) is 0 Å². The smallest absolute Gasteiger partial charge is 0.227 e. The van der Waals surface area contributed by atoms with Gasteiger partial charge in [-0.2, -0.15) is 0 Å². The molecule has 0 aliphatic rings. The second kappa shape index (κ2) is 5.40. The Hall–Kier alpha value is -0.350. The zero-order valence-corrected chi connectivity index (χ0v) is 9.11. The lowest BCUT2D eigenvalue weighted by Crippen LogP contribution is -2.41. The molecule has 0 saturated heterocycles. The maximum atomic E-state index is 11.3. The van der Waals surface area contributed by atoms with Crippen molar-refractivity contribution in [3.63, 3.8) is 0 Å². The van der Waals surface area contributed by atoms with Crippen molar-refractivity contribution in [2.45, 2.75) is 38.7 Å². The molecule has 0 aliphatic carbocycles. The molecule has 0 amide bonds. The number of ketones is 1. The summed E-state index contributed by atoms with van der Waals surface area (Å²) in [6, 6.07) is 0. The predicted molar refractivity (Wildman–Crippen MR) is 53.7 cm³/mol. The molecule has 0 aromatic rings. The van der Waals surface area contributed by atoms with E-state index in [-0.39, 0.29) is 12.2 Å². The van der Waals surface area contributed by atoms with Crippen molar-refractivity contribution in [3.8, 4) is 0 Å². The Morgan fingerprint density at radius 1 is 1.46 bits per heavy atom. The van der Waals surface area contributed by atoms with Gasteiger partial charge in [0.25, 0.3) is 0 Å². The van der Waals surface area contributed by atoms with E-state index in [0.29, 0.717) is 0 Å². The molecule has 0 aromatic carbocycles. The highest BCUT2D eigenvalue weighted by Gasteiger charge is 2.36. The number of thioether (sulfide) groups is 1. The Morgan fingerprint density at radius 3 is 2.38 bits per heavy atom. The summed E-state index contributed by atoms with van der Waals surface area (Å²) in [6.45, 7) is 3.22. The van der Waals surface area contributed by atoms with Gasteiger partial charge in [0.05, 0.1) is 0 Å². The van der Waals surface area contributed by atoms with Crippen LogP contribution in [0.2, 0.25) is 0 Å². The zero-order chi connectivity index (χ0) is 10.5. The Bertz CT molecular complexity index is 199. The van der Waals surface area contributed by atoms with Gasteiger partial charge in [-0.3, -0.25) is 9.59 Å². The van der Waals surface area contributed by atoms with Crippen LogP contribution in [-0.2, 0) is 9.59 Å². The van der Waals surface area contributed by atoms with Crippen molar-refractivity contribution in [1.82, 2.24) is 0 Å². The summed E-state index contributed by atoms with van der Waals surface area (Å²) in [5.41, 5.74) is -1.80. The second-order valence-electron chi connectivity index (χ2n) is 3.09. The van der Waals surface area contributed by atoms with Gasteiger partial charge < -0.3 is 5.11 Å². The highest BCUT2D eigenvalue weighted by Crippen LogP contribution is 2.17. The van der Waals surface area contributed by atoms with Crippen LogP contribution in [0, 0.1) is 0 Å². The maximum Gasteiger partial charge on any atom is 0.227 e. The summed E-state index contributed by atoms with van der Waals surface area (Å²) < 4.78 is 0. The van der Waals surface area contributed by atoms with E-state index >= 15 is 0 Å². The molecule has 0 saturated carbocycles. The van der Waals surface area contributed by atoms with Gasteiger partial charge in [0.2, 0.25) is 5.12 Å². The van der Waals surface area contributed by atoms with E-state index < -0.39 is 10.7 Å². The number of rotatable bonds is 5. The summed E-state index contributed by atoms with van der Waals surface area (Å²) in [7, 11) is 0. The number of Topliss-reactive ketones (excluding diaryl/α,β-unsaturated/α-hetero) is 1. The number of aliphatic hydroxyl groups is 1. The molecule has 4 heteroatoms. The molecule has 1 unspecified atom stereocenters. The van der Waals surface area contributed by atoms with Gasteiger partial charge in [-0.25, -0.2) is 0 Å². The first-order valence-electron chi connectivity index (χ1n) is 4.30. The summed E-state index contributed by atoms with van der Waals surface area (Å²) in [6.07, 6.45) is 3.44. The molecular formula is C9H16O3S. The van der Waals surface area contributed by atoms with Gasteiger partial charge in [-0.1, -0.05) is 25.1 Å². The lowest BCUT2D eigenvalue weighted by Gasteiger charge is -2.18. The van der Waals surface area contributed by atoms with E-state index in [9.17, 15) is 14.7 Å². The summed E-state index contributed by atoms with van der Waals surface area (Å²) >= 11 is 0.884. The van der Waals surface area contributed by atoms with Crippen LogP contribution in [0.3, 0.4) is 0 Å². The average molecular weight is 204 g/mol. The van der Waals surface area contributed by atoms with Crippen molar-refractivity contribution in [2.75, 3.05) is 6.26 Å². The van der Waals surface area contributed by atoms with E-state index in [4.69, 9.17) is 0 Å². The largest absolute Gasteiger partial charge is 0.374 e. The van der Waals surface area contributed by atoms with E-state index in [1.54, 1.807) is 6.26 Å². The molecule has 1 atom stereocenters. The molecule has 0 heterocycles. The minimum atomic E-state index is -1.80. The standard InChI is InChI=1S/C9H16O3S/c1-4-5-6-7(10)9(2,12)8(11)13-3/h12H,4-6H2,1-3H3. The predicted octanol–water partition coefficient (Wildman–Crippen LogP) is 1.39. The lowest BCUT2D eigenvalue weighted by atomic mass is 9.98. The van der Waals surface area contributed by atoms with E-state index in [0.717, 1.165) is 24.6 Å². The molecule has 0 aromatic heterocycles. The van der Waals surface area contributed by atoms with Crippen molar-refractivity contribution >= 4 is 22.7 Å². The van der Waals surface area contributed by atoms with Gasteiger partial charge in [-0.05, 0) is 19.6 Å². The maximum absolute atomic E-state index is 11.3. The SMILES string of the molecule is CCCCC(=O)C(C)(O)C(=O)SC. The molecule has 0 rings (SSSR count). The Labute approximate surface area is 82.9 Å². The third kappa shape index (κ3) is 3.48. The molecule has 0 spiro atoms. The first-order chi connectivity index (χ1) is 5.96. The van der Waals surface area contributed by atoms with Crippen LogP contribution in [0.5, 0.6) is 0 Å². The van der Waals surface area contributed by atoms with Gasteiger partial charge in [0, 0.05) is 6.42 Å². The van der Waals surface area contributed by atoms with E-state index in [1.807, 2.05) is 6.92 Å². The quantitative estimate of drug-likeness (QED) is 0.687. The second-order valence-corrected chi connectivity index (χ2v) is 3.87. The third-order valence-electron chi connectivity index (χ3n) is 1.88. The molecular weight excluding hydrogens is 188 g/mol. The van der Waals surface area contributed by atoms with Crippen LogP contribution in [0.1, 0.15) is 33.1 Å². The fraction of sp³-hybridized carbons (Fsp3) is 0.778. The molecule has 0 aliphatic heterocycles. The average Bonchev–Trinajstić information content (AvgIpc) is 2.12. The minimum Gasteiger partial charge on any atom is -0.374 e. The molecule has 0 fully saturated rings. The highest BCUT2D eigenvalue weighted by molar-refractivity contribution is 8.13. The van der Waals surface area contributed by atoms with Crippen LogP contribution >= 0.6 is 11.8 Å². The molecule has 13 heavy (non-hydrogen) atoms. The fourth-order valence-corrected chi connectivity index (χ4v) is 1.40. The topological polar surface area (TPSA) is 54.4 Å². The lowest BCUT2D eigenvalue weighted by molar-refractivity contribution is -0.143. The van der Waals surface area contributed by atoms with E-state index in [1.165, 1.54) is 6.92 Å². The monoisotopic (exact) mass is 204 g/mol. The third-order valence-corrected chi connectivity index (χ3v) is 2.65. The fourth-order valence-electron chi connectivity index (χ4n) is 0.893. The van der Waals surface area contributed by atoms with Crippen molar-refractivity contribution < 1.29 is 14.7 Å². The number of carbonyl (C=O) groups excluding carboxylic acids is 2. The Balaban J connectivity index is 4.27. The number of hydrogen-bond donors (Lipinski definition) is 1.